The Morgan fingerprint density at radius 1 is 1.50 bits per heavy atom. The van der Waals surface area contributed by atoms with Crippen LogP contribution in [-0.4, -0.2) is 29.4 Å². The number of nitro benzene ring substituents is 1. The number of ether oxygens (including phenoxy) is 1. The van der Waals surface area contributed by atoms with Crippen LogP contribution in [0.3, 0.4) is 0 Å². The average Bonchev–Trinajstić information content (AvgIpc) is 2.38. The second-order valence-electron chi connectivity index (χ2n) is 3.87. The fourth-order valence-corrected chi connectivity index (χ4v) is 1.62. The van der Waals surface area contributed by atoms with Crippen LogP contribution in [0.2, 0.25) is 5.02 Å². The molecule has 0 bridgehead atoms. The Labute approximate surface area is 120 Å². The second kappa shape index (κ2) is 6.85. The van der Waals surface area contributed by atoms with Crippen molar-refractivity contribution in [3.05, 3.63) is 38.9 Å². The zero-order chi connectivity index (χ0) is 15.3. The average molecular weight is 301 g/mol. The van der Waals surface area contributed by atoms with E-state index >= 15 is 0 Å². The molecule has 0 spiro atoms. The Balaban J connectivity index is 2.95. The number of carbonyl (C=O) groups is 2. The Morgan fingerprint density at radius 2 is 2.15 bits per heavy atom. The number of rotatable bonds is 5. The van der Waals surface area contributed by atoms with Gasteiger partial charge < -0.3 is 10.1 Å². The van der Waals surface area contributed by atoms with E-state index < -0.39 is 22.8 Å². The summed E-state index contributed by atoms with van der Waals surface area (Å²) in [4.78, 5) is 33.5. The van der Waals surface area contributed by atoms with E-state index in [1.54, 1.807) is 6.92 Å². The summed E-state index contributed by atoms with van der Waals surface area (Å²) in [6, 6.07) is 2.70. The topological polar surface area (TPSA) is 98.5 Å². The molecule has 1 unspecified atom stereocenters. The van der Waals surface area contributed by atoms with Crippen molar-refractivity contribution in [2.24, 2.45) is 0 Å². The summed E-state index contributed by atoms with van der Waals surface area (Å²) in [5, 5.41) is 13.4. The first-order valence-corrected chi connectivity index (χ1v) is 6.16. The van der Waals surface area contributed by atoms with E-state index in [1.807, 2.05) is 0 Å². The highest BCUT2D eigenvalue weighted by Crippen LogP contribution is 2.22. The molecule has 108 valence electrons. The molecule has 0 aliphatic rings. The number of esters is 1. The van der Waals surface area contributed by atoms with Crippen molar-refractivity contribution < 1.29 is 19.2 Å². The van der Waals surface area contributed by atoms with Crippen LogP contribution in [0.15, 0.2) is 18.2 Å². The Bertz CT molecular complexity index is 547. The highest BCUT2D eigenvalue weighted by Gasteiger charge is 2.24. The van der Waals surface area contributed by atoms with Crippen molar-refractivity contribution in [3.8, 4) is 0 Å². The lowest BCUT2D eigenvalue weighted by Gasteiger charge is -2.12. The first kappa shape index (κ1) is 15.9. The first-order valence-electron chi connectivity index (χ1n) is 5.78. The third-order valence-electron chi connectivity index (χ3n) is 2.39. The number of nitrogens with zero attached hydrogens (tertiary/aromatic N) is 1. The third kappa shape index (κ3) is 3.92. The largest absolute Gasteiger partial charge is 0.464 e. The number of halogens is 1. The molecule has 0 aliphatic carbocycles. The number of amides is 1. The summed E-state index contributed by atoms with van der Waals surface area (Å²) in [6.45, 7) is 3.23. The van der Waals surface area contributed by atoms with Crippen LogP contribution in [0.1, 0.15) is 24.2 Å². The van der Waals surface area contributed by atoms with Gasteiger partial charge in [-0.05, 0) is 26.0 Å². The zero-order valence-electron chi connectivity index (χ0n) is 10.9. The van der Waals surface area contributed by atoms with Crippen LogP contribution in [0.5, 0.6) is 0 Å². The molecule has 0 aliphatic heterocycles. The monoisotopic (exact) mass is 300 g/mol. The van der Waals surface area contributed by atoms with Crippen molar-refractivity contribution in [2.45, 2.75) is 19.9 Å². The summed E-state index contributed by atoms with van der Waals surface area (Å²) < 4.78 is 4.73. The minimum atomic E-state index is -0.916. The predicted molar refractivity (Wildman–Crippen MR) is 71.7 cm³/mol. The molecule has 20 heavy (non-hydrogen) atoms. The van der Waals surface area contributed by atoms with Crippen LogP contribution >= 0.6 is 11.6 Å². The van der Waals surface area contributed by atoms with Gasteiger partial charge in [0.15, 0.2) is 0 Å². The molecular formula is C12H13ClN2O5. The second-order valence-corrected chi connectivity index (χ2v) is 4.30. The van der Waals surface area contributed by atoms with E-state index in [-0.39, 0.29) is 22.9 Å². The lowest BCUT2D eigenvalue weighted by atomic mass is 10.1. The summed E-state index contributed by atoms with van der Waals surface area (Å²) >= 11 is 5.72. The summed E-state index contributed by atoms with van der Waals surface area (Å²) in [5.74, 6) is -1.38. The molecule has 0 fully saturated rings. The van der Waals surface area contributed by atoms with Gasteiger partial charge in [0.2, 0.25) is 0 Å². The van der Waals surface area contributed by atoms with E-state index in [0.717, 1.165) is 6.07 Å². The molecular weight excluding hydrogens is 288 g/mol. The Morgan fingerprint density at radius 3 is 2.70 bits per heavy atom. The van der Waals surface area contributed by atoms with E-state index in [1.165, 1.54) is 19.1 Å². The molecule has 0 saturated carbocycles. The fourth-order valence-electron chi connectivity index (χ4n) is 1.45. The molecule has 7 nitrogen and oxygen atoms in total. The third-order valence-corrected chi connectivity index (χ3v) is 2.62. The summed E-state index contributed by atoms with van der Waals surface area (Å²) in [7, 11) is 0. The van der Waals surface area contributed by atoms with Crippen molar-refractivity contribution in [1.29, 1.82) is 0 Å². The number of carbonyl (C=O) groups excluding carboxylic acids is 2. The van der Waals surface area contributed by atoms with E-state index in [2.05, 4.69) is 5.32 Å². The van der Waals surface area contributed by atoms with Crippen molar-refractivity contribution in [1.82, 2.24) is 5.32 Å². The number of hydrogen-bond acceptors (Lipinski definition) is 5. The Hall–Kier alpha value is -2.15. The van der Waals surface area contributed by atoms with Crippen molar-refractivity contribution in [2.75, 3.05) is 6.61 Å². The minimum absolute atomic E-state index is 0.177. The van der Waals surface area contributed by atoms with Crippen LogP contribution in [0, 0.1) is 10.1 Å². The van der Waals surface area contributed by atoms with E-state index in [9.17, 15) is 19.7 Å². The van der Waals surface area contributed by atoms with Crippen LogP contribution < -0.4 is 5.32 Å². The van der Waals surface area contributed by atoms with Crippen molar-refractivity contribution >= 4 is 29.2 Å². The molecule has 1 aromatic carbocycles. The molecule has 1 amide bonds. The maximum absolute atomic E-state index is 12.0. The van der Waals surface area contributed by atoms with Gasteiger partial charge in [-0.25, -0.2) is 4.79 Å². The zero-order valence-corrected chi connectivity index (χ0v) is 11.6. The molecule has 0 aromatic heterocycles. The maximum atomic E-state index is 12.0. The predicted octanol–water partition coefficient (Wildman–Crippen LogP) is 1.93. The lowest BCUT2D eigenvalue weighted by Crippen LogP contribution is -2.39. The van der Waals surface area contributed by atoms with Gasteiger partial charge in [-0.15, -0.1) is 0 Å². The molecule has 0 saturated heterocycles. The normalized spacial score (nSPS) is 11.6. The number of nitrogens with one attached hydrogen (secondary N) is 1. The van der Waals surface area contributed by atoms with E-state index in [4.69, 9.17) is 16.3 Å². The minimum Gasteiger partial charge on any atom is -0.464 e. The highest BCUT2D eigenvalue weighted by atomic mass is 35.5. The van der Waals surface area contributed by atoms with Gasteiger partial charge >= 0.3 is 5.97 Å². The SMILES string of the molecule is CCOC(=O)C(C)NC(=O)c1cc(Cl)ccc1[N+](=O)[O-]. The quantitative estimate of drug-likeness (QED) is 0.509. The smallest absolute Gasteiger partial charge is 0.328 e. The van der Waals surface area contributed by atoms with Gasteiger partial charge in [0.05, 0.1) is 11.5 Å². The number of nitro groups is 1. The molecule has 0 heterocycles. The van der Waals surface area contributed by atoms with Gasteiger partial charge in [0, 0.05) is 11.1 Å². The molecule has 1 aromatic rings. The maximum Gasteiger partial charge on any atom is 0.328 e. The highest BCUT2D eigenvalue weighted by molar-refractivity contribution is 6.31. The molecule has 0 radical (unpaired) electrons. The van der Waals surface area contributed by atoms with Crippen LogP contribution in [0.25, 0.3) is 0 Å². The summed E-state index contributed by atoms with van der Waals surface area (Å²) in [6.07, 6.45) is 0. The standard InChI is InChI=1S/C12H13ClN2O5/c1-3-20-12(17)7(2)14-11(16)9-6-8(13)4-5-10(9)15(18)19/h4-7H,3H2,1-2H3,(H,14,16). The summed E-state index contributed by atoms with van der Waals surface area (Å²) in [5.41, 5.74) is -0.596. The van der Waals surface area contributed by atoms with Gasteiger partial charge in [0.25, 0.3) is 11.6 Å². The molecule has 8 heteroatoms. The number of benzene rings is 1. The van der Waals surface area contributed by atoms with Gasteiger partial charge in [-0.2, -0.15) is 0 Å². The molecule has 1 atom stereocenters. The molecule has 1 rings (SSSR count). The van der Waals surface area contributed by atoms with Crippen molar-refractivity contribution in [3.63, 3.8) is 0 Å². The Kier molecular flexibility index (Phi) is 5.45. The lowest BCUT2D eigenvalue weighted by molar-refractivity contribution is -0.385. The van der Waals surface area contributed by atoms with Crippen LogP contribution in [-0.2, 0) is 9.53 Å². The first-order chi connectivity index (χ1) is 9.36. The van der Waals surface area contributed by atoms with Gasteiger partial charge in [-0.3, -0.25) is 14.9 Å². The molecule has 1 N–H and O–H groups in total. The fraction of sp³-hybridized carbons (Fsp3) is 0.333. The van der Waals surface area contributed by atoms with E-state index in [0.29, 0.717) is 0 Å². The number of hydrogen-bond donors (Lipinski definition) is 1. The van der Waals surface area contributed by atoms with Gasteiger partial charge in [-0.1, -0.05) is 11.6 Å². The van der Waals surface area contributed by atoms with Gasteiger partial charge in [0.1, 0.15) is 11.6 Å². The van der Waals surface area contributed by atoms with Crippen LogP contribution in [0.4, 0.5) is 5.69 Å².